The molecule has 1 aromatic heterocycles. The number of nitrogens with zero attached hydrogens (tertiary/aromatic N) is 1. The minimum atomic E-state index is -0.994. The summed E-state index contributed by atoms with van der Waals surface area (Å²) in [4.78, 5) is 15.4. The zero-order valence-electron chi connectivity index (χ0n) is 11.3. The molecular weight excluding hydrogens is 246 g/mol. The van der Waals surface area contributed by atoms with Crippen molar-refractivity contribution >= 4 is 5.97 Å². The zero-order chi connectivity index (χ0) is 13.8. The Balaban J connectivity index is 2.12. The fourth-order valence-electron chi connectivity index (χ4n) is 2.29. The lowest BCUT2D eigenvalue weighted by molar-refractivity contribution is 0.0489. The van der Waals surface area contributed by atoms with Gasteiger partial charge in [0.05, 0.1) is 12.3 Å². The van der Waals surface area contributed by atoms with Gasteiger partial charge in [-0.1, -0.05) is 0 Å². The third kappa shape index (κ3) is 3.44. The van der Waals surface area contributed by atoms with Crippen LogP contribution in [0.25, 0.3) is 0 Å². The van der Waals surface area contributed by atoms with E-state index in [0.29, 0.717) is 24.0 Å². The number of carbonyl (C=O) groups is 1. The second kappa shape index (κ2) is 6.02. The molecule has 104 valence electrons. The van der Waals surface area contributed by atoms with Crippen LogP contribution in [-0.2, 0) is 4.74 Å². The van der Waals surface area contributed by atoms with E-state index in [4.69, 9.17) is 9.47 Å². The summed E-state index contributed by atoms with van der Waals surface area (Å²) in [5, 5.41) is 9.23. The number of aromatic nitrogens is 1. The van der Waals surface area contributed by atoms with Crippen LogP contribution in [0.1, 0.15) is 34.6 Å². The van der Waals surface area contributed by atoms with Crippen LogP contribution in [-0.4, -0.2) is 35.9 Å². The number of carboxylic acids is 1. The summed E-state index contributed by atoms with van der Waals surface area (Å²) in [6, 6.07) is 1.69. The smallest absolute Gasteiger partial charge is 0.341 e. The average molecular weight is 265 g/mol. The molecule has 0 saturated carbocycles. The normalized spacial score (nSPS) is 16.3. The van der Waals surface area contributed by atoms with Crippen LogP contribution in [0.3, 0.4) is 0 Å². The van der Waals surface area contributed by atoms with Gasteiger partial charge in [-0.3, -0.25) is 4.98 Å². The first-order valence-corrected chi connectivity index (χ1v) is 6.50. The molecule has 0 bridgehead atoms. The molecule has 0 spiro atoms. The standard InChI is InChI=1S/C14H19NO4/c1-9-7-12(13(14(16)17)10(2)15-9)19-8-11-3-5-18-6-4-11/h7,11H,3-6,8H2,1-2H3,(H,16,17). The molecule has 1 aliphatic heterocycles. The van der Waals surface area contributed by atoms with Crippen molar-refractivity contribution in [2.75, 3.05) is 19.8 Å². The Morgan fingerprint density at radius 2 is 2.16 bits per heavy atom. The number of hydrogen-bond acceptors (Lipinski definition) is 4. The molecule has 1 fully saturated rings. The largest absolute Gasteiger partial charge is 0.492 e. The monoisotopic (exact) mass is 265 g/mol. The molecule has 1 aliphatic rings. The zero-order valence-corrected chi connectivity index (χ0v) is 11.3. The highest BCUT2D eigenvalue weighted by molar-refractivity contribution is 5.92. The lowest BCUT2D eigenvalue weighted by Gasteiger charge is -2.22. The average Bonchev–Trinajstić information content (AvgIpc) is 2.36. The van der Waals surface area contributed by atoms with Crippen molar-refractivity contribution in [2.45, 2.75) is 26.7 Å². The maximum Gasteiger partial charge on any atom is 0.341 e. The van der Waals surface area contributed by atoms with Crippen molar-refractivity contribution in [3.05, 3.63) is 23.0 Å². The molecule has 2 heterocycles. The van der Waals surface area contributed by atoms with E-state index >= 15 is 0 Å². The highest BCUT2D eigenvalue weighted by Gasteiger charge is 2.19. The lowest BCUT2D eigenvalue weighted by atomic mass is 10.0. The van der Waals surface area contributed by atoms with Gasteiger partial charge in [0.2, 0.25) is 0 Å². The van der Waals surface area contributed by atoms with E-state index in [1.807, 2.05) is 6.92 Å². The molecule has 2 rings (SSSR count). The number of carboxylic acid groups (broad SMARTS) is 1. The van der Waals surface area contributed by atoms with Crippen LogP contribution in [0.4, 0.5) is 0 Å². The lowest BCUT2D eigenvalue weighted by Crippen LogP contribution is -2.22. The van der Waals surface area contributed by atoms with E-state index < -0.39 is 5.97 Å². The number of ether oxygens (including phenoxy) is 2. The summed E-state index contributed by atoms with van der Waals surface area (Å²) in [5.74, 6) is -0.139. The van der Waals surface area contributed by atoms with Crippen LogP contribution in [0.5, 0.6) is 5.75 Å². The molecule has 19 heavy (non-hydrogen) atoms. The number of aromatic carboxylic acids is 1. The summed E-state index contributed by atoms with van der Waals surface area (Å²) >= 11 is 0. The number of aryl methyl sites for hydroxylation is 2. The van der Waals surface area contributed by atoms with Gasteiger partial charge in [0.15, 0.2) is 0 Å². The van der Waals surface area contributed by atoms with Gasteiger partial charge < -0.3 is 14.6 Å². The van der Waals surface area contributed by atoms with E-state index in [1.165, 1.54) is 0 Å². The van der Waals surface area contributed by atoms with Gasteiger partial charge in [-0.25, -0.2) is 4.79 Å². The minimum absolute atomic E-state index is 0.164. The molecular formula is C14H19NO4. The third-order valence-electron chi connectivity index (χ3n) is 3.32. The quantitative estimate of drug-likeness (QED) is 0.903. The minimum Gasteiger partial charge on any atom is -0.492 e. The Labute approximate surface area is 112 Å². The maximum absolute atomic E-state index is 11.3. The Morgan fingerprint density at radius 1 is 1.47 bits per heavy atom. The molecule has 0 amide bonds. The first-order chi connectivity index (χ1) is 9.08. The second-order valence-corrected chi connectivity index (χ2v) is 4.89. The Bertz CT molecular complexity index is 467. The Kier molecular flexibility index (Phi) is 4.37. The fraction of sp³-hybridized carbons (Fsp3) is 0.571. The van der Waals surface area contributed by atoms with Crippen molar-refractivity contribution < 1.29 is 19.4 Å². The van der Waals surface area contributed by atoms with Crippen LogP contribution in [0.2, 0.25) is 0 Å². The fourth-order valence-corrected chi connectivity index (χ4v) is 2.29. The molecule has 0 aromatic carbocycles. The van der Waals surface area contributed by atoms with Crippen LogP contribution in [0, 0.1) is 19.8 Å². The summed E-state index contributed by atoms with van der Waals surface area (Å²) in [6.07, 6.45) is 1.93. The van der Waals surface area contributed by atoms with Gasteiger partial charge in [-0.2, -0.15) is 0 Å². The topological polar surface area (TPSA) is 68.7 Å². The number of hydrogen-bond donors (Lipinski definition) is 1. The molecule has 0 atom stereocenters. The van der Waals surface area contributed by atoms with Gasteiger partial charge in [-0.05, 0) is 32.6 Å². The molecule has 5 heteroatoms. The summed E-state index contributed by atoms with van der Waals surface area (Å²) in [5.41, 5.74) is 1.43. The highest BCUT2D eigenvalue weighted by atomic mass is 16.5. The predicted molar refractivity (Wildman–Crippen MR) is 69.7 cm³/mol. The van der Waals surface area contributed by atoms with E-state index in [0.717, 1.165) is 31.7 Å². The maximum atomic E-state index is 11.3. The van der Waals surface area contributed by atoms with Crippen molar-refractivity contribution in [3.63, 3.8) is 0 Å². The van der Waals surface area contributed by atoms with E-state index in [9.17, 15) is 9.90 Å². The Hall–Kier alpha value is -1.62. The first-order valence-electron chi connectivity index (χ1n) is 6.50. The van der Waals surface area contributed by atoms with E-state index in [2.05, 4.69) is 4.98 Å². The van der Waals surface area contributed by atoms with Crippen molar-refractivity contribution in [1.29, 1.82) is 0 Å². The van der Waals surface area contributed by atoms with Gasteiger partial charge >= 0.3 is 5.97 Å². The van der Waals surface area contributed by atoms with Crippen LogP contribution in [0.15, 0.2) is 6.07 Å². The molecule has 1 N–H and O–H groups in total. The summed E-state index contributed by atoms with van der Waals surface area (Å²) in [6.45, 7) is 5.58. The molecule has 0 aliphatic carbocycles. The second-order valence-electron chi connectivity index (χ2n) is 4.89. The SMILES string of the molecule is Cc1cc(OCC2CCOCC2)c(C(=O)O)c(C)n1. The molecule has 1 saturated heterocycles. The summed E-state index contributed by atoms with van der Waals surface area (Å²) < 4.78 is 11.0. The summed E-state index contributed by atoms with van der Waals surface area (Å²) in [7, 11) is 0. The molecule has 0 unspecified atom stereocenters. The van der Waals surface area contributed by atoms with E-state index in [1.54, 1.807) is 13.0 Å². The molecule has 0 radical (unpaired) electrons. The highest BCUT2D eigenvalue weighted by Crippen LogP contribution is 2.24. The number of pyridine rings is 1. The van der Waals surface area contributed by atoms with Crippen molar-refractivity contribution in [1.82, 2.24) is 4.98 Å². The third-order valence-corrected chi connectivity index (χ3v) is 3.32. The van der Waals surface area contributed by atoms with Crippen LogP contribution >= 0.6 is 0 Å². The van der Waals surface area contributed by atoms with E-state index in [-0.39, 0.29) is 5.56 Å². The molecule has 1 aromatic rings. The predicted octanol–water partition coefficient (Wildman–Crippen LogP) is 2.20. The van der Waals surface area contributed by atoms with Gasteiger partial charge in [-0.15, -0.1) is 0 Å². The van der Waals surface area contributed by atoms with Gasteiger partial charge in [0.1, 0.15) is 11.3 Å². The number of rotatable bonds is 4. The van der Waals surface area contributed by atoms with Crippen molar-refractivity contribution in [3.8, 4) is 5.75 Å². The van der Waals surface area contributed by atoms with Gasteiger partial charge in [0.25, 0.3) is 0 Å². The van der Waals surface area contributed by atoms with Crippen LogP contribution < -0.4 is 4.74 Å². The van der Waals surface area contributed by atoms with Crippen molar-refractivity contribution in [2.24, 2.45) is 5.92 Å². The first kappa shape index (κ1) is 13.8. The van der Waals surface area contributed by atoms with Gasteiger partial charge in [0, 0.05) is 25.0 Å². The molecule has 5 nitrogen and oxygen atoms in total. The Morgan fingerprint density at radius 3 is 2.79 bits per heavy atom.